The number of carbonyl (C=O) groups is 1. The Balaban J connectivity index is 1.19. The molecular weight excluding hydrogens is 505 g/mol. The summed E-state index contributed by atoms with van der Waals surface area (Å²) in [4.78, 5) is 17.7. The van der Waals surface area contributed by atoms with Gasteiger partial charge in [-0.25, -0.2) is 0 Å². The third-order valence-corrected chi connectivity index (χ3v) is 8.77. The molecule has 2 aliphatic rings. The Morgan fingerprint density at radius 2 is 1.55 bits per heavy atom. The van der Waals surface area contributed by atoms with Crippen molar-refractivity contribution in [3.63, 3.8) is 0 Å². The van der Waals surface area contributed by atoms with Gasteiger partial charge >= 0.3 is 5.51 Å². The molecule has 2 saturated heterocycles. The van der Waals surface area contributed by atoms with Crippen LogP contribution >= 0.6 is 11.8 Å². The SMILES string of the molecule is CC(C)(C)c1ccc(N2CCC(CCC(=O)N3CCC[C@H](Cc4ccc(SC(F)(F)F)cc4)C3)CC2)cc1. The molecule has 2 aliphatic heterocycles. The zero-order valence-corrected chi connectivity index (χ0v) is 23.7. The summed E-state index contributed by atoms with van der Waals surface area (Å²) in [5.41, 5.74) is -0.415. The van der Waals surface area contributed by atoms with Gasteiger partial charge in [-0.05, 0) is 103 Å². The van der Waals surface area contributed by atoms with Crippen LogP contribution in [0.2, 0.25) is 0 Å². The van der Waals surface area contributed by atoms with E-state index in [4.69, 9.17) is 0 Å². The summed E-state index contributed by atoms with van der Waals surface area (Å²) in [6.45, 7) is 10.4. The standard InChI is InChI=1S/C31H41F3N2OS/c1-30(2,3)26-9-11-27(12-10-26)35-19-16-23(17-20-35)8-15-29(37)36-18-4-5-25(22-36)21-24-6-13-28(14-7-24)38-31(32,33)34/h6-7,9-14,23,25H,4-5,8,15-22H2,1-3H3/t25-/m1/s1. The first-order valence-electron chi connectivity index (χ1n) is 13.9. The van der Waals surface area contributed by atoms with Crippen molar-refractivity contribution in [2.24, 2.45) is 11.8 Å². The lowest BCUT2D eigenvalue weighted by Crippen LogP contribution is -2.41. The van der Waals surface area contributed by atoms with Crippen LogP contribution in [0.15, 0.2) is 53.4 Å². The van der Waals surface area contributed by atoms with Gasteiger partial charge in [0.25, 0.3) is 0 Å². The maximum atomic E-state index is 13.0. The van der Waals surface area contributed by atoms with E-state index in [-0.39, 0.29) is 28.0 Å². The highest BCUT2D eigenvalue weighted by Crippen LogP contribution is 2.37. The van der Waals surface area contributed by atoms with E-state index in [9.17, 15) is 18.0 Å². The maximum Gasteiger partial charge on any atom is 0.446 e. The predicted molar refractivity (Wildman–Crippen MR) is 151 cm³/mol. The van der Waals surface area contributed by atoms with E-state index in [1.807, 2.05) is 4.90 Å². The number of thioether (sulfide) groups is 1. The van der Waals surface area contributed by atoms with Gasteiger partial charge in [0.15, 0.2) is 0 Å². The van der Waals surface area contributed by atoms with Gasteiger partial charge in [-0.2, -0.15) is 13.2 Å². The van der Waals surface area contributed by atoms with E-state index in [2.05, 4.69) is 49.9 Å². The Hall–Kier alpha value is -2.15. The quantitative estimate of drug-likeness (QED) is 0.328. The lowest BCUT2D eigenvalue weighted by molar-refractivity contribution is -0.133. The molecule has 3 nitrogen and oxygen atoms in total. The molecule has 2 aromatic carbocycles. The van der Waals surface area contributed by atoms with E-state index in [0.29, 0.717) is 18.3 Å². The molecule has 1 atom stereocenters. The molecule has 0 aromatic heterocycles. The lowest BCUT2D eigenvalue weighted by atomic mass is 9.87. The fourth-order valence-corrected chi connectivity index (χ4v) is 6.30. The molecule has 208 valence electrons. The molecule has 0 aliphatic carbocycles. The molecule has 38 heavy (non-hydrogen) atoms. The van der Waals surface area contributed by atoms with E-state index >= 15 is 0 Å². The first-order chi connectivity index (χ1) is 18.0. The summed E-state index contributed by atoms with van der Waals surface area (Å²) in [6.07, 6.45) is 6.66. The van der Waals surface area contributed by atoms with Gasteiger partial charge in [-0.15, -0.1) is 0 Å². The van der Waals surface area contributed by atoms with Crippen molar-refractivity contribution < 1.29 is 18.0 Å². The zero-order valence-electron chi connectivity index (χ0n) is 22.9. The van der Waals surface area contributed by atoms with Gasteiger partial charge in [0.2, 0.25) is 5.91 Å². The Kier molecular flexibility index (Phi) is 9.38. The average molecular weight is 547 g/mol. The summed E-state index contributed by atoms with van der Waals surface area (Å²) in [6, 6.07) is 15.7. The number of likely N-dealkylation sites (tertiary alicyclic amines) is 1. The van der Waals surface area contributed by atoms with Crippen LogP contribution in [0.3, 0.4) is 0 Å². The molecule has 2 aromatic rings. The Bertz CT molecular complexity index is 1040. The zero-order chi connectivity index (χ0) is 27.3. The van der Waals surface area contributed by atoms with E-state index in [1.165, 1.54) is 11.3 Å². The normalized spacial score (nSPS) is 19.6. The van der Waals surface area contributed by atoms with Crippen LogP contribution in [0.5, 0.6) is 0 Å². The molecule has 4 rings (SSSR count). The third kappa shape index (κ3) is 8.42. The van der Waals surface area contributed by atoms with Crippen molar-refractivity contribution in [2.45, 2.75) is 81.5 Å². The summed E-state index contributed by atoms with van der Waals surface area (Å²) >= 11 is -0.0786. The molecule has 2 fully saturated rings. The molecular formula is C31H41F3N2OS. The average Bonchev–Trinajstić information content (AvgIpc) is 2.88. The number of alkyl halides is 3. The highest BCUT2D eigenvalue weighted by Gasteiger charge is 2.29. The van der Waals surface area contributed by atoms with Crippen molar-refractivity contribution in [3.05, 3.63) is 59.7 Å². The smallest absolute Gasteiger partial charge is 0.372 e. The second kappa shape index (κ2) is 12.4. The van der Waals surface area contributed by atoms with E-state index in [1.54, 1.807) is 24.3 Å². The number of amides is 1. The number of halogens is 3. The van der Waals surface area contributed by atoms with Crippen LogP contribution in [-0.4, -0.2) is 42.5 Å². The summed E-state index contributed by atoms with van der Waals surface area (Å²) in [7, 11) is 0. The molecule has 0 bridgehead atoms. The highest BCUT2D eigenvalue weighted by atomic mass is 32.2. The van der Waals surface area contributed by atoms with Crippen molar-refractivity contribution in [1.29, 1.82) is 0 Å². The fourth-order valence-electron chi connectivity index (χ4n) is 5.76. The first-order valence-corrected chi connectivity index (χ1v) is 14.8. The van der Waals surface area contributed by atoms with E-state index < -0.39 is 5.51 Å². The maximum absolute atomic E-state index is 13.0. The number of carbonyl (C=O) groups excluding carboxylic acids is 1. The topological polar surface area (TPSA) is 23.6 Å². The predicted octanol–water partition coefficient (Wildman–Crippen LogP) is 8.07. The fraction of sp³-hybridized carbons (Fsp3) is 0.581. The number of benzene rings is 2. The molecule has 0 N–H and O–H groups in total. The molecule has 0 unspecified atom stereocenters. The summed E-state index contributed by atoms with van der Waals surface area (Å²) < 4.78 is 37.7. The first kappa shape index (κ1) is 28.8. The van der Waals surface area contributed by atoms with Crippen LogP contribution in [0.25, 0.3) is 0 Å². The molecule has 0 saturated carbocycles. The summed E-state index contributed by atoms with van der Waals surface area (Å²) in [5, 5.41) is 0. The number of hydrogen-bond donors (Lipinski definition) is 0. The van der Waals surface area contributed by atoms with Crippen molar-refractivity contribution in [3.8, 4) is 0 Å². The van der Waals surface area contributed by atoms with Gasteiger partial charge in [0, 0.05) is 43.2 Å². The highest BCUT2D eigenvalue weighted by molar-refractivity contribution is 8.00. The Labute approximate surface area is 230 Å². The minimum Gasteiger partial charge on any atom is -0.372 e. The van der Waals surface area contributed by atoms with Crippen molar-refractivity contribution in [1.82, 2.24) is 4.90 Å². The largest absolute Gasteiger partial charge is 0.446 e. The molecule has 0 spiro atoms. The lowest BCUT2D eigenvalue weighted by Gasteiger charge is -2.35. The number of rotatable bonds is 7. The number of hydrogen-bond acceptors (Lipinski definition) is 3. The van der Waals surface area contributed by atoms with Gasteiger partial charge < -0.3 is 9.80 Å². The van der Waals surface area contributed by atoms with Gasteiger partial charge in [0.05, 0.1) is 0 Å². The van der Waals surface area contributed by atoms with Gasteiger partial charge in [0.1, 0.15) is 0 Å². The number of piperidine rings is 2. The molecule has 2 heterocycles. The third-order valence-electron chi connectivity index (χ3n) is 8.03. The van der Waals surface area contributed by atoms with Crippen LogP contribution in [-0.2, 0) is 16.6 Å². The van der Waals surface area contributed by atoms with Crippen molar-refractivity contribution in [2.75, 3.05) is 31.1 Å². The second-order valence-electron chi connectivity index (χ2n) is 12.0. The minimum atomic E-state index is -4.26. The van der Waals surface area contributed by atoms with Crippen LogP contribution in [0.4, 0.5) is 18.9 Å². The minimum absolute atomic E-state index is 0.0786. The molecule has 1 amide bonds. The van der Waals surface area contributed by atoms with Crippen molar-refractivity contribution >= 4 is 23.4 Å². The Morgan fingerprint density at radius 3 is 2.16 bits per heavy atom. The monoisotopic (exact) mass is 546 g/mol. The summed E-state index contributed by atoms with van der Waals surface area (Å²) in [5.74, 6) is 1.21. The number of anilines is 1. The molecule has 0 radical (unpaired) electrons. The van der Waals surface area contributed by atoms with Crippen LogP contribution in [0, 0.1) is 11.8 Å². The van der Waals surface area contributed by atoms with Gasteiger partial charge in [-0.3, -0.25) is 4.79 Å². The Morgan fingerprint density at radius 1 is 0.895 bits per heavy atom. The van der Waals surface area contributed by atoms with Crippen LogP contribution < -0.4 is 4.90 Å². The van der Waals surface area contributed by atoms with Gasteiger partial charge in [-0.1, -0.05) is 45.0 Å². The molecule has 7 heteroatoms. The van der Waals surface area contributed by atoms with Crippen LogP contribution in [0.1, 0.15) is 70.4 Å². The van der Waals surface area contributed by atoms with E-state index in [0.717, 1.165) is 70.3 Å². The second-order valence-corrected chi connectivity index (χ2v) is 13.1. The number of nitrogens with zero attached hydrogens (tertiary/aromatic N) is 2.